The number of unbranched alkanes of at least 4 members (excludes halogenated alkanes) is 4. The number of benzene rings is 2. The third-order valence-electron chi connectivity index (χ3n) is 10.7. The monoisotopic (exact) mass is 757 g/mol. The number of nitrogens with zero attached hydrogens (tertiary/aromatic N) is 1. The zero-order chi connectivity index (χ0) is 37.5. The molecule has 2 aromatic rings. The van der Waals surface area contributed by atoms with E-state index in [0.29, 0.717) is 12.0 Å². The van der Waals surface area contributed by atoms with Crippen LogP contribution < -0.4 is 16.4 Å². The number of hydrogen-bond acceptors (Lipinski definition) is 10. The number of amides is 2. The first-order chi connectivity index (χ1) is 24.0. The molecule has 12 nitrogen and oxygen atoms in total. The van der Waals surface area contributed by atoms with E-state index in [1.54, 1.807) is 13.0 Å². The Bertz CT molecular complexity index is 1830. The van der Waals surface area contributed by atoms with Gasteiger partial charge in [-0.25, -0.2) is 0 Å². The van der Waals surface area contributed by atoms with Crippen molar-refractivity contribution in [3.63, 3.8) is 0 Å². The molecule has 6 atom stereocenters. The highest BCUT2D eigenvalue weighted by Crippen LogP contribution is 2.56. The summed E-state index contributed by atoms with van der Waals surface area (Å²) in [5, 5.41) is 61.5. The smallest absolute Gasteiger partial charge is 0.255 e. The van der Waals surface area contributed by atoms with Crippen LogP contribution in [0.2, 0.25) is 0 Å². The molecule has 14 heteroatoms. The molecule has 8 N–H and O–H groups in total. The van der Waals surface area contributed by atoms with Gasteiger partial charge < -0.3 is 36.6 Å². The van der Waals surface area contributed by atoms with E-state index < -0.39 is 81.4 Å². The molecule has 3 aliphatic rings. The molecule has 52 heavy (non-hydrogen) atoms. The Balaban J connectivity index is 0.00000605. The number of rotatable bonds is 12. The van der Waals surface area contributed by atoms with Gasteiger partial charge in [-0.3, -0.25) is 24.1 Å². The second-order valence-electron chi connectivity index (χ2n) is 14.4. The number of aliphatic hydroxyl groups excluding tert-OH is 3. The van der Waals surface area contributed by atoms with Crippen LogP contribution >= 0.6 is 20.3 Å². The van der Waals surface area contributed by atoms with Crippen LogP contribution in [0.1, 0.15) is 72.9 Å². The quantitative estimate of drug-likeness (QED) is 0.0717. The van der Waals surface area contributed by atoms with Gasteiger partial charge >= 0.3 is 0 Å². The molecule has 5 rings (SSSR count). The predicted molar refractivity (Wildman–Crippen MR) is 202 cm³/mol. The number of likely N-dealkylation sites (N-methyl/N-ethyl adjacent to an activating group) is 1. The Kier molecular flexibility index (Phi) is 12.7. The summed E-state index contributed by atoms with van der Waals surface area (Å²) in [4.78, 5) is 54.1. The molecule has 0 heterocycles. The Morgan fingerprint density at radius 2 is 1.65 bits per heavy atom. The number of primary amides is 1. The Morgan fingerprint density at radius 3 is 2.29 bits per heavy atom. The summed E-state index contributed by atoms with van der Waals surface area (Å²) in [6.45, 7) is 6.14. The van der Waals surface area contributed by atoms with Gasteiger partial charge in [0, 0.05) is 17.9 Å². The van der Waals surface area contributed by atoms with E-state index in [-0.39, 0.29) is 43.9 Å². The van der Waals surface area contributed by atoms with Crippen molar-refractivity contribution in [2.24, 2.45) is 17.6 Å². The molecule has 0 aromatic heterocycles. The van der Waals surface area contributed by atoms with Crippen molar-refractivity contribution in [1.29, 1.82) is 0 Å². The van der Waals surface area contributed by atoms with Gasteiger partial charge in [-0.05, 0) is 75.1 Å². The summed E-state index contributed by atoms with van der Waals surface area (Å²) in [6.07, 6.45) is 4.11. The summed E-state index contributed by atoms with van der Waals surface area (Å²) in [7, 11) is 2.83. The Morgan fingerprint density at radius 1 is 1.00 bits per heavy atom. The van der Waals surface area contributed by atoms with E-state index in [1.807, 2.05) is 0 Å². The van der Waals surface area contributed by atoms with Crippen molar-refractivity contribution >= 4 is 54.7 Å². The lowest BCUT2D eigenvalue weighted by atomic mass is 9.55. The number of nitrogens with one attached hydrogen (secondary N) is 1. The van der Waals surface area contributed by atoms with E-state index in [1.165, 1.54) is 35.9 Å². The highest BCUT2D eigenvalue weighted by molar-refractivity contribution is 7.64. The number of nitrogens with two attached hydrogens (primary N) is 1. The van der Waals surface area contributed by atoms with Gasteiger partial charge in [0.15, 0.2) is 17.1 Å². The van der Waals surface area contributed by atoms with Crippen molar-refractivity contribution in [2.75, 3.05) is 32.7 Å². The fourth-order valence-electron chi connectivity index (χ4n) is 8.07. The summed E-state index contributed by atoms with van der Waals surface area (Å²) in [5.74, 6) is -10.0. The van der Waals surface area contributed by atoms with Crippen LogP contribution in [0.15, 0.2) is 59.1 Å². The minimum absolute atomic E-state index is 0. The first kappa shape index (κ1) is 41.0. The fraction of sp³-hybridized carbons (Fsp3) is 0.474. The number of phenols is 1. The van der Waals surface area contributed by atoms with E-state index in [9.17, 15) is 44.7 Å². The van der Waals surface area contributed by atoms with Gasteiger partial charge in [0.2, 0.25) is 11.7 Å². The lowest BCUT2D eigenvalue weighted by Gasteiger charge is -2.53. The van der Waals surface area contributed by atoms with E-state index in [2.05, 4.69) is 42.9 Å². The highest BCUT2D eigenvalue weighted by Gasteiger charge is 2.67. The summed E-state index contributed by atoms with van der Waals surface area (Å²) < 4.78 is 0. The minimum atomic E-state index is -3.00. The number of Topliss-reactive ketones (excluding diaryl/α,β-unsaturated/α-hetero) is 2. The van der Waals surface area contributed by atoms with Crippen molar-refractivity contribution < 1.29 is 44.7 Å². The number of fused-ring (bicyclic) bond motifs is 3. The third-order valence-corrected chi connectivity index (χ3v) is 12.0. The number of hydrogen-bond donors (Lipinski definition) is 7. The minimum Gasteiger partial charge on any atom is -0.510 e. The summed E-state index contributed by atoms with van der Waals surface area (Å²) in [6, 6.07) is 10.4. The number of aromatic hydroxyl groups is 1. The number of aliphatic hydroxyl groups is 4. The van der Waals surface area contributed by atoms with Crippen molar-refractivity contribution in [3.8, 4) is 5.75 Å². The fourth-order valence-corrected chi connectivity index (χ4v) is 8.88. The maximum Gasteiger partial charge on any atom is 0.255 e. The highest BCUT2D eigenvalue weighted by atomic mass is 35.5. The largest absolute Gasteiger partial charge is 0.510 e. The molecular formula is C38H49ClN3O9P. The van der Waals surface area contributed by atoms with Gasteiger partial charge in [-0.15, -0.1) is 12.4 Å². The number of phenolic OH excluding ortho intramolecular Hbond substituents is 1. The predicted octanol–water partition coefficient (Wildman–Crippen LogP) is 3.96. The molecule has 0 saturated heterocycles. The molecule has 0 spiro atoms. The number of anilines is 1. The molecule has 2 aromatic carbocycles. The maximum absolute atomic E-state index is 14.1. The second-order valence-corrected chi connectivity index (χ2v) is 16.7. The normalized spacial score (nSPS) is 25.4. The molecule has 0 unspecified atom stereocenters. The van der Waals surface area contributed by atoms with Gasteiger partial charge in [0.1, 0.15) is 17.1 Å². The number of ketones is 2. The first-order valence-electron chi connectivity index (χ1n) is 17.3. The average molecular weight is 758 g/mol. The summed E-state index contributed by atoms with van der Waals surface area (Å²) >= 11 is 0. The molecule has 2 amide bonds. The second kappa shape index (κ2) is 16.1. The van der Waals surface area contributed by atoms with Gasteiger partial charge in [-0.2, -0.15) is 0 Å². The van der Waals surface area contributed by atoms with E-state index in [0.717, 1.165) is 32.1 Å². The number of halogens is 1. The van der Waals surface area contributed by atoms with Gasteiger partial charge in [0.05, 0.1) is 29.3 Å². The van der Waals surface area contributed by atoms with Crippen LogP contribution in [0.3, 0.4) is 0 Å². The Hall–Kier alpha value is -3.80. The molecule has 0 radical (unpaired) electrons. The zero-order valence-corrected chi connectivity index (χ0v) is 31.8. The van der Waals surface area contributed by atoms with E-state index >= 15 is 0 Å². The SMILES string of the molecule is C[C@H]1c2ccc(NC(=O)CCCCCCCc3cccc(P(C)C)c3)c(O)c2C(=O)C2=C(O)[C@]3(O)C(=O)C(C(N)=O)=C(O)[C@@H](N(C)C)[C@@H]3[C@@H](O)[C@@H]21.Cl. The van der Waals surface area contributed by atoms with Crippen LogP contribution in [0.5, 0.6) is 5.75 Å². The van der Waals surface area contributed by atoms with Crippen molar-refractivity contribution in [1.82, 2.24) is 4.90 Å². The number of carbonyl (C=O) groups excluding carboxylic acids is 4. The third kappa shape index (κ3) is 7.11. The van der Waals surface area contributed by atoms with Crippen LogP contribution in [-0.4, -0.2) is 99.0 Å². The summed E-state index contributed by atoms with van der Waals surface area (Å²) in [5.41, 5.74) is 2.30. The lowest BCUT2D eigenvalue weighted by molar-refractivity contribution is -0.162. The van der Waals surface area contributed by atoms with Gasteiger partial charge in [0.25, 0.3) is 5.91 Å². The average Bonchev–Trinajstić information content (AvgIpc) is 3.06. The lowest BCUT2D eigenvalue weighted by Crippen LogP contribution is -2.68. The molecule has 0 fully saturated rings. The molecule has 0 aliphatic heterocycles. The van der Waals surface area contributed by atoms with Crippen LogP contribution in [-0.2, 0) is 20.8 Å². The van der Waals surface area contributed by atoms with Crippen molar-refractivity contribution in [3.05, 3.63) is 75.8 Å². The van der Waals surface area contributed by atoms with Crippen LogP contribution in [0.4, 0.5) is 5.69 Å². The van der Waals surface area contributed by atoms with Crippen molar-refractivity contribution in [2.45, 2.75) is 75.5 Å². The van der Waals surface area contributed by atoms with E-state index in [4.69, 9.17) is 5.73 Å². The standard InChI is InChI=1S/C38H48N3O9P.ClH/c1-19-22-16-17-23(40-24(42)15-10-8-6-7-9-12-20-13-11-14-21(18-20)51(4)5)31(43)26(22)32(44)27-25(19)33(45)29-30(41(2)3)34(46)28(37(39)49)36(48)38(29,50)35(27)47;/h11,13-14,16-19,25,29-30,33,43,45-47,50H,6-10,12,15H2,1-5H3,(H2,39,49)(H,40,42);1H/t19-,25+,29+,30-,33-,38-;/m0./s1. The number of aryl methyl sites for hydroxylation is 1. The topological polar surface area (TPSA) is 211 Å². The number of carbonyl (C=O) groups is 4. The van der Waals surface area contributed by atoms with Crippen LogP contribution in [0.25, 0.3) is 0 Å². The van der Waals surface area contributed by atoms with Crippen LogP contribution in [0, 0.1) is 11.8 Å². The zero-order valence-electron chi connectivity index (χ0n) is 30.0. The van der Waals surface area contributed by atoms with Gasteiger partial charge in [-0.1, -0.05) is 64.4 Å². The molecular weight excluding hydrogens is 709 g/mol. The molecule has 0 bridgehead atoms. The molecule has 282 valence electrons. The molecule has 3 aliphatic carbocycles. The Labute approximate surface area is 310 Å². The first-order valence-corrected chi connectivity index (χ1v) is 19.5. The molecule has 0 saturated carbocycles. The maximum atomic E-state index is 14.1.